The molecule has 1 aliphatic rings. The van der Waals surface area contributed by atoms with E-state index in [9.17, 15) is 4.79 Å². The molecule has 152 valence electrons. The Morgan fingerprint density at radius 2 is 2.22 bits per heavy atom. The van der Waals surface area contributed by atoms with E-state index in [4.69, 9.17) is 15.5 Å². The number of hydrogen-bond donors (Lipinski definition) is 2. The maximum Gasteiger partial charge on any atom is 0.217 e. The fraction of sp³-hybridized carbons (Fsp3) is 0.579. The molecule has 2 atom stereocenters. The lowest BCUT2D eigenvalue weighted by molar-refractivity contribution is -0.119. The van der Waals surface area contributed by atoms with Crippen LogP contribution in [0.25, 0.3) is 0 Å². The van der Waals surface area contributed by atoms with Crippen molar-refractivity contribution in [2.24, 2.45) is 16.6 Å². The monoisotopic (exact) mass is 552 g/mol. The number of piperidine rings is 1. The maximum atomic E-state index is 11.2. The van der Waals surface area contributed by atoms with E-state index in [2.05, 4.69) is 33.1 Å². The molecule has 8 heteroatoms. The minimum absolute atomic E-state index is 0. The molecule has 1 fully saturated rings. The van der Waals surface area contributed by atoms with Gasteiger partial charge in [0.2, 0.25) is 5.91 Å². The van der Waals surface area contributed by atoms with Crippen LogP contribution in [0.1, 0.15) is 33.1 Å². The number of carbonyl (C=O) groups excluding carboxylic acids is 1. The van der Waals surface area contributed by atoms with E-state index in [0.717, 1.165) is 48.7 Å². The van der Waals surface area contributed by atoms with E-state index in [1.807, 2.05) is 31.2 Å². The molecule has 1 heterocycles. The summed E-state index contributed by atoms with van der Waals surface area (Å²) < 4.78 is 6.91. The van der Waals surface area contributed by atoms with Crippen molar-refractivity contribution in [3.8, 4) is 5.75 Å². The van der Waals surface area contributed by atoms with Crippen molar-refractivity contribution in [2.45, 2.75) is 39.2 Å². The predicted octanol–water partition coefficient (Wildman–Crippen LogP) is 3.39. The second-order valence-electron chi connectivity index (χ2n) is 6.68. The molecule has 1 amide bonds. The van der Waals surface area contributed by atoms with Crippen LogP contribution in [0.3, 0.4) is 0 Å². The molecule has 0 aliphatic carbocycles. The largest absolute Gasteiger partial charge is 0.488 e. The lowest BCUT2D eigenvalue weighted by Crippen LogP contribution is -2.47. The molecule has 27 heavy (non-hydrogen) atoms. The highest BCUT2D eigenvalue weighted by Gasteiger charge is 2.23. The van der Waals surface area contributed by atoms with E-state index in [1.54, 1.807) is 0 Å². The molecule has 2 rings (SSSR count). The van der Waals surface area contributed by atoms with Gasteiger partial charge in [-0.25, -0.2) is 4.99 Å². The Morgan fingerprint density at radius 3 is 2.89 bits per heavy atom. The van der Waals surface area contributed by atoms with Crippen LogP contribution in [-0.4, -0.2) is 49.0 Å². The van der Waals surface area contributed by atoms with Gasteiger partial charge in [0.25, 0.3) is 0 Å². The number of halogens is 2. The molecule has 0 radical (unpaired) electrons. The Morgan fingerprint density at radius 1 is 1.48 bits per heavy atom. The number of nitrogens with two attached hydrogens (primary N) is 1. The molecule has 0 spiro atoms. The first-order valence-corrected chi connectivity index (χ1v) is 10.0. The molecule has 3 N–H and O–H groups in total. The number of hydrogen-bond acceptors (Lipinski definition) is 3. The zero-order chi connectivity index (χ0) is 18.9. The Labute approximate surface area is 187 Å². The molecule has 6 nitrogen and oxygen atoms in total. The van der Waals surface area contributed by atoms with E-state index >= 15 is 0 Å². The van der Waals surface area contributed by atoms with Gasteiger partial charge in [-0.1, -0.05) is 12.1 Å². The fourth-order valence-corrected chi connectivity index (χ4v) is 3.52. The zero-order valence-electron chi connectivity index (χ0n) is 16.0. The van der Waals surface area contributed by atoms with E-state index in [-0.39, 0.29) is 36.0 Å². The van der Waals surface area contributed by atoms with Crippen LogP contribution in [0.4, 0.5) is 0 Å². The van der Waals surface area contributed by atoms with Gasteiger partial charge in [0.05, 0.1) is 11.0 Å². The number of nitrogens with one attached hydrogen (secondary N) is 1. The molecular weight excluding hydrogens is 523 g/mol. The number of amides is 1. The van der Waals surface area contributed by atoms with Crippen molar-refractivity contribution < 1.29 is 9.53 Å². The molecule has 1 aliphatic heterocycles. The average molecular weight is 553 g/mol. The zero-order valence-corrected chi connectivity index (χ0v) is 19.9. The summed E-state index contributed by atoms with van der Waals surface area (Å²) in [5.41, 5.74) is 5.36. The molecule has 0 saturated carbocycles. The summed E-state index contributed by atoms with van der Waals surface area (Å²) in [5, 5.41) is 3.35. The number of rotatable bonds is 7. The highest BCUT2D eigenvalue weighted by molar-refractivity contribution is 14.0. The minimum atomic E-state index is -0.228. The van der Waals surface area contributed by atoms with Crippen LogP contribution in [0.5, 0.6) is 5.75 Å². The maximum absolute atomic E-state index is 11.2. The Bertz CT molecular complexity index is 629. The lowest BCUT2D eigenvalue weighted by atomic mass is 9.95. The number of benzene rings is 1. The summed E-state index contributed by atoms with van der Waals surface area (Å²) in [4.78, 5) is 18.2. The van der Waals surface area contributed by atoms with Gasteiger partial charge < -0.3 is 20.7 Å². The summed E-state index contributed by atoms with van der Waals surface area (Å²) in [6, 6.07) is 7.81. The van der Waals surface area contributed by atoms with Gasteiger partial charge in [0.15, 0.2) is 5.96 Å². The van der Waals surface area contributed by atoms with Crippen LogP contribution in [0.2, 0.25) is 0 Å². The minimum Gasteiger partial charge on any atom is -0.488 e. The average Bonchev–Trinajstić information content (AvgIpc) is 2.60. The molecule has 1 saturated heterocycles. The first-order valence-electron chi connectivity index (χ1n) is 9.22. The lowest BCUT2D eigenvalue weighted by Gasteiger charge is -2.34. The quantitative estimate of drug-likeness (QED) is 0.309. The van der Waals surface area contributed by atoms with E-state index in [1.165, 1.54) is 0 Å². The molecule has 2 unspecified atom stereocenters. The third-order valence-corrected chi connectivity index (χ3v) is 4.96. The number of carbonyl (C=O) groups is 1. The van der Waals surface area contributed by atoms with Crippen molar-refractivity contribution in [1.82, 2.24) is 10.2 Å². The van der Waals surface area contributed by atoms with Gasteiger partial charge in [-0.2, -0.15) is 0 Å². The Hall–Kier alpha value is -1.03. The number of nitrogens with zero attached hydrogens (tertiary/aromatic N) is 2. The van der Waals surface area contributed by atoms with Crippen LogP contribution in [0, 0.1) is 5.92 Å². The summed E-state index contributed by atoms with van der Waals surface area (Å²) >= 11 is 3.50. The second-order valence-corrected chi connectivity index (χ2v) is 7.53. The topological polar surface area (TPSA) is 80.0 Å². The van der Waals surface area contributed by atoms with Gasteiger partial charge in [-0.05, 0) is 60.7 Å². The van der Waals surface area contributed by atoms with Crippen LogP contribution < -0.4 is 15.8 Å². The van der Waals surface area contributed by atoms with Crippen molar-refractivity contribution in [3.63, 3.8) is 0 Å². The number of ether oxygens (including phenoxy) is 1. The SMILES string of the molecule is CCNC(=NCC(C)Oc1ccccc1Br)N1CCCC(CC(N)=O)C1.I. The highest BCUT2D eigenvalue weighted by atomic mass is 127. The number of likely N-dealkylation sites (tertiary alicyclic amines) is 1. The van der Waals surface area contributed by atoms with Gasteiger partial charge >= 0.3 is 0 Å². The molecular formula is C19H30BrIN4O2. The van der Waals surface area contributed by atoms with Crippen molar-refractivity contribution in [3.05, 3.63) is 28.7 Å². The van der Waals surface area contributed by atoms with E-state index in [0.29, 0.717) is 18.9 Å². The second kappa shape index (κ2) is 12.4. The Balaban J connectivity index is 0.00000364. The number of primary amides is 1. The van der Waals surface area contributed by atoms with Crippen molar-refractivity contribution in [1.29, 1.82) is 0 Å². The molecule has 0 bridgehead atoms. The molecule has 1 aromatic rings. The first kappa shape index (κ1) is 24.0. The summed E-state index contributed by atoms with van der Waals surface area (Å²) in [7, 11) is 0. The van der Waals surface area contributed by atoms with Crippen LogP contribution in [-0.2, 0) is 4.79 Å². The van der Waals surface area contributed by atoms with Crippen LogP contribution in [0.15, 0.2) is 33.7 Å². The number of para-hydroxylation sites is 1. The molecule has 0 aromatic heterocycles. The van der Waals surface area contributed by atoms with Crippen molar-refractivity contribution >= 4 is 51.8 Å². The van der Waals surface area contributed by atoms with Gasteiger partial charge in [-0.15, -0.1) is 24.0 Å². The summed E-state index contributed by atoms with van der Waals surface area (Å²) in [6.07, 6.45) is 2.48. The van der Waals surface area contributed by atoms with E-state index < -0.39 is 0 Å². The molecule has 1 aromatic carbocycles. The van der Waals surface area contributed by atoms with Crippen molar-refractivity contribution in [2.75, 3.05) is 26.2 Å². The van der Waals surface area contributed by atoms with Gasteiger partial charge in [-0.3, -0.25) is 4.79 Å². The number of guanidine groups is 1. The third-order valence-electron chi connectivity index (χ3n) is 4.31. The standard InChI is InChI=1S/C19H29BrN4O2.HI/c1-3-22-19(24-10-6-7-15(13-24)11-18(21)25)23-12-14(2)26-17-9-5-4-8-16(17)20;/h4-5,8-9,14-15H,3,6-7,10-13H2,1-2H3,(H2,21,25)(H,22,23);1H. The third kappa shape index (κ3) is 8.25. The smallest absolute Gasteiger partial charge is 0.217 e. The van der Waals surface area contributed by atoms with Gasteiger partial charge in [0.1, 0.15) is 11.9 Å². The highest BCUT2D eigenvalue weighted by Crippen LogP contribution is 2.25. The summed E-state index contributed by atoms with van der Waals surface area (Å²) in [6.45, 7) is 7.19. The van der Waals surface area contributed by atoms with Gasteiger partial charge in [0, 0.05) is 26.1 Å². The first-order chi connectivity index (χ1) is 12.5. The number of aliphatic imine (C=N–C) groups is 1. The predicted molar refractivity (Wildman–Crippen MR) is 124 cm³/mol. The Kier molecular flexibility index (Phi) is 11.1. The normalized spacial score (nSPS) is 18.4. The fourth-order valence-electron chi connectivity index (χ4n) is 3.14. The van der Waals surface area contributed by atoms with Crippen LogP contribution >= 0.6 is 39.9 Å². The summed E-state index contributed by atoms with van der Waals surface area (Å²) in [5.74, 6) is 1.78.